The number of anilines is 1. The summed E-state index contributed by atoms with van der Waals surface area (Å²) in [6.45, 7) is 0.192. The van der Waals surface area contributed by atoms with Crippen molar-refractivity contribution in [3.63, 3.8) is 0 Å². The monoisotopic (exact) mass is 488 g/mol. The smallest absolute Gasteiger partial charge is 0.229 e. The number of fused-ring (bicyclic) bond motifs is 1. The second-order valence-corrected chi connectivity index (χ2v) is 9.64. The SMILES string of the molecule is CS(=O)(=O)Nc1ccc(-c2coc3cc(OCc4coc(-c5ccccc5)n4)ccc3c2=O)cc1. The van der Waals surface area contributed by atoms with E-state index in [9.17, 15) is 13.2 Å². The highest BCUT2D eigenvalue weighted by molar-refractivity contribution is 7.92. The third kappa shape index (κ3) is 5.10. The summed E-state index contributed by atoms with van der Waals surface area (Å²) in [6.07, 6.45) is 4.01. The number of sulfonamides is 1. The topological polar surface area (TPSA) is 112 Å². The zero-order valence-electron chi connectivity index (χ0n) is 18.6. The first kappa shape index (κ1) is 22.4. The Morgan fingerprint density at radius 3 is 2.43 bits per heavy atom. The van der Waals surface area contributed by atoms with Gasteiger partial charge in [0.05, 0.1) is 17.2 Å². The van der Waals surface area contributed by atoms with Gasteiger partial charge in [-0.05, 0) is 42.0 Å². The lowest BCUT2D eigenvalue weighted by molar-refractivity contribution is 0.301. The predicted molar refractivity (Wildman–Crippen MR) is 133 cm³/mol. The van der Waals surface area contributed by atoms with E-state index in [4.69, 9.17) is 13.6 Å². The molecule has 0 spiro atoms. The third-order valence-electron chi connectivity index (χ3n) is 5.20. The Balaban J connectivity index is 1.33. The average molecular weight is 489 g/mol. The van der Waals surface area contributed by atoms with E-state index in [1.165, 1.54) is 6.26 Å². The van der Waals surface area contributed by atoms with E-state index in [-0.39, 0.29) is 12.0 Å². The van der Waals surface area contributed by atoms with Crippen molar-refractivity contribution in [1.29, 1.82) is 0 Å². The van der Waals surface area contributed by atoms with Crippen LogP contribution in [-0.4, -0.2) is 19.7 Å². The third-order valence-corrected chi connectivity index (χ3v) is 5.81. The van der Waals surface area contributed by atoms with Crippen LogP contribution in [0.3, 0.4) is 0 Å². The summed E-state index contributed by atoms with van der Waals surface area (Å²) in [6, 6.07) is 21.1. The molecule has 0 aliphatic heterocycles. The molecular weight excluding hydrogens is 468 g/mol. The minimum absolute atomic E-state index is 0.192. The molecule has 0 unspecified atom stereocenters. The van der Waals surface area contributed by atoms with Crippen molar-refractivity contribution in [2.24, 2.45) is 0 Å². The summed E-state index contributed by atoms with van der Waals surface area (Å²) >= 11 is 0. The highest BCUT2D eigenvalue weighted by Gasteiger charge is 2.12. The maximum Gasteiger partial charge on any atom is 0.229 e. The minimum Gasteiger partial charge on any atom is -0.487 e. The Bertz CT molecular complexity index is 1660. The molecule has 9 heteroatoms. The standard InChI is InChI=1S/C26H20N2O6S/c1-35(30,31)28-19-9-7-17(8-10-19)23-16-33-24-13-21(11-12-22(24)25(23)29)32-14-20-15-34-26(27-20)18-5-3-2-4-6-18/h2-13,15-16,28H,14H2,1H3. The fourth-order valence-corrected chi connectivity index (χ4v) is 4.14. The summed E-state index contributed by atoms with van der Waals surface area (Å²) in [5, 5.41) is 0.404. The lowest BCUT2D eigenvalue weighted by Gasteiger charge is -2.07. The largest absolute Gasteiger partial charge is 0.487 e. The number of rotatable bonds is 7. The number of hydrogen-bond acceptors (Lipinski definition) is 7. The minimum atomic E-state index is -3.38. The molecule has 3 aromatic carbocycles. The maximum absolute atomic E-state index is 13.0. The van der Waals surface area contributed by atoms with E-state index in [1.807, 2.05) is 30.3 Å². The summed E-state index contributed by atoms with van der Waals surface area (Å²) in [5.41, 5.74) is 3.08. The molecule has 35 heavy (non-hydrogen) atoms. The van der Waals surface area contributed by atoms with Crippen LogP contribution in [0.1, 0.15) is 5.69 Å². The molecule has 0 amide bonds. The van der Waals surface area contributed by atoms with Crippen molar-refractivity contribution in [3.8, 4) is 28.3 Å². The lowest BCUT2D eigenvalue weighted by Crippen LogP contribution is -2.09. The van der Waals surface area contributed by atoms with Crippen molar-refractivity contribution in [3.05, 3.63) is 101 Å². The molecular formula is C26H20N2O6S. The van der Waals surface area contributed by atoms with Gasteiger partial charge in [-0.1, -0.05) is 30.3 Å². The number of nitrogens with zero attached hydrogens (tertiary/aromatic N) is 1. The molecule has 2 heterocycles. The van der Waals surface area contributed by atoms with Gasteiger partial charge < -0.3 is 13.6 Å². The first-order valence-electron chi connectivity index (χ1n) is 10.6. The number of hydrogen-bond donors (Lipinski definition) is 1. The van der Waals surface area contributed by atoms with Crippen LogP contribution < -0.4 is 14.9 Å². The van der Waals surface area contributed by atoms with Gasteiger partial charge in [-0.15, -0.1) is 0 Å². The summed E-state index contributed by atoms with van der Waals surface area (Å²) in [5.74, 6) is 1.04. The van der Waals surface area contributed by atoms with Crippen molar-refractivity contribution in [1.82, 2.24) is 4.98 Å². The number of ether oxygens (including phenoxy) is 1. The number of nitrogens with one attached hydrogen (secondary N) is 1. The summed E-state index contributed by atoms with van der Waals surface area (Å²) < 4.78 is 42.2. The molecule has 5 rings (SSSR count). The average Bonchev–Trinajstić information content (AvgIpc) is 3.32. The fraction of sp³-hybridized carbons (Fsp3) is 0.0769. The molecule has 0 aliphatic carbocycles. The molecule has 0 aliphatic rings. The van der Waals surface area contributed by atoms with Gasteiger partial charge in [-0.3, -0.25) is 9.52 Å². The Labute approximate surface area is 200 Å². The number of oxazole rings is 1. The molecule has 5 aromatic rings. The van der Waals surface area contributed by atoms with Gasteiger partial charge in [0, 0.05) is 17.3 Å². The highest BCUT2D eigenvalue weighted by atomic mass is 32.2. The fourth-order valence-electron chi connectivity index (χ4n) is 3.57. The Kier molecular flexibility index (Phi) is 5.84. The Hall–Kier alpha value is -4.37. The van der Waals surface area contributed by atoms with Crippen LogP contribution in [0.15, 0.2) is 99.0 Å². The summed E-state index contributed by atoms with van der Waals surface area (Å²) in [4.78, 5) is 17.5. The van der Waals surface area contributed by atoms with Crippen molar-refractivity contribution < 1.29 is 22.0 Å². The van der Waals surface area contributed by atoms with Gasteiger partial charge in [0.15, 0.2) is 5.43 Å². The van der Waals surface area contributed by atoms with Crippen LogP contribution in [0.2, 0.25) is 0 Å². The van der Waals surface area contributed by atoms with Gasteiger partial charge in [-0.2, -0.15) is 0 Å². The van der Waals surface area contributed by atoms with Crippen LogP contribution in [0.5, 0.6) is 5.75 Å². The quantitative estimate of drug-likeness (QED) is 0.341. The van der Waals surface area contributed by atoms with Crippen molar-refractivity contribution >= 4 is 26.7 Å². The molecule has 0 saturated carbocycles. The van der Waals surface area contributed by atoms with Crippen molar-refractivity contribution in [2.45, 2.75) is 6.61 Å². The van der Waals surface area contributed by atoms with Gasteiger partial charge in [0.2, 0.25) is 15.9 Å². The molecule has 8 nitrogen and oxygen atoms in total. The van der Waals surface area contributed by atoms with E-state index in [0.29, 0.717) is 45.1 Å². The lowest BCUT2D eigenvalue weighted by atomic mass is 10.1. The molecule has 0 bridgehead atoms. The van der Waals surface area contributed by atoms with Gasteiger partial charge in [-0.25, -0.2) is 13.4 Å². The zero-order valence-corrected chi connectivity index (χ0v) is 19.4. The second kappa shape index (κ2) is 9.11. The Morgan fingerprint density at radius 2 is 1.69 bits per heavy atom. The van der Waals surface area contributed by atoms with E-state index >= 15 is 0 Å². The first-order valence-corrected chi connectivity index (χ1v) is 12.5. The maximum atomic E-state index is 13.0. The van der Waals surface area contributed by atoms with E-state index in [1.54, 1.807) is 48.7 Å². The molecule has 0 atom stereocenters. The van der Waals surface area contributed by atoms with Crippen molar-refractivity contribution in [2.75, 3.05) is 11.0 Å². The van der Waals surface area contributed by atoms with Gasteiger partial charge in [0.1, 0.15) is 36.2 Å². The molecule has 0 saturated heterocycles. The van der Waals surface area contributed by atoms with Gasteiger partial charge in [0.25, 0.3) is 0 Å². The molecule has 1 N–H and O–H groups in total. The molecule has 0 fully saturated rings. The zero-order chi connectivity index (χ0) is 24.4. The van der Waals surface area contributed by atoms with Crippen LogP contribution in [0.25, 0.3) is 33.6 Å². The highest BCUT2D eigenvalue weighted by Crippen LogP contribution is 2.25. The second-order valence-electron chi connectivity index (χ2n) is 7.89. The number of aromatic nitrogens is 1. The summed E-state index contributed by atoms with van der Waals surface area (Å²) in [7, 11) is -3.38. The van der Waals surface area contributed by atoms with E-state index in [0.717, 1.165) is 11.8 Å². The predicted octanol–water partition coefficient (Wildman–Crippen LogP) is 5.07. The normalized spacial score (nSPS) is 11.5. The van der Waals surface area contributed by atoms with Crippen LogP contribution in [0.4, 0.5) is 5.69 Å². The first-order chi connectivity index (χ1) is 16.9. The molecule has 0 radical (unpaired) electrons. The molecule has 2 aromatic heterocycles. The Morgan fingerprint density at radius 1 is 0.914 bits per heavy atom. The van der Waals surface area contributed by atoms with E-state index < -0.39 is 10.0 Å². The van der Waals surface area contributed by atoms with Crippen LogP contribution in [-0.2, 0) is 16.6 Å². The van der Waals surface area contributed by atoms with Crippen LogP contribution >= 0.6 is 0 Å². The van der Waals surface area contributed by atoms with E-state index in [2.05, 4.69) is 9.71 Å². The van der Waals surface area contributed by atoms with Gasteiger partial charge >= 0.3 is 0 Å². The molecule has 176 valence electrons. The number of benzene rings is 3. The van der Waals surface area contributed by atoms with Crippen LogP contribution in [0, 0.1) is 0 Å².